The third-order valence-electron chi connectivity index (χ3n) is 3.14. The van der Waals surface area contributed by atoms with Crippen molar-refractivity contribution >= 4 is 17.1 Å². The number of aromatic amines is 1. The van der Waals surface area contributed by atoms with Crippen molar-refractivity contribution in [2.45, 2.75) is 19.4 Å². The summed E-state index contributed by atoms with van der Waals surface area (Å²) in [7, 11) is 0. The Balaban J connectivity index is 1.62. The van der Waals surface area contributed by atoms with Gasteiger partial charge in [-0.15, -0.1) is 0 Å². The summed E-state index contributed by atoms with van der Waals surface area (Å²) in [5.74, 6) is -1.12. The molecule has 1 fully saturated rings. The van der Waals surface area contributed by atoms with Gasteiger partial charge in [0.1, 0.15) is 11.3 Å². The number of halogens is 2. The van der Waals surface area contributed by atoms with Gasteiger partial charge in [-0.25, -0.2) is 18.6 Å². The van der Waals surface area contributed by atoms with E-state index in [1.54, 1.807) is 0 Å². The maximum atomic E-state index is 13.5. The second-order valence-electron chi connectivity index (χ2n) is 4.84. The van der Waals surface area contributed by atoms with E-state index >= 15 is 0 Å². The van der Waals surface area contributed by atoms with Crippen LogP contribution in [0.1, 0.15) is 18.7 Å². The zero-order valence-corrected chi connectivity index (χ0v) is 10.6. The first-order valence-electron chi connectivity index (χ1n) is 6.36. The molecule has 106 valence electrons. The van der Waals surface area contributed by atoms with Crippen LogP contribution >= 0.6 is 0 Å². The van der Waals surface area contributed by atoms with Crippen molar-refractivity contribution in [2.75, 3.05) is 6.61 Å². The molecule has 0 spiro atoms. The number of hydrogen-bond acceptors (Lipinski definition) is 3. The highest BCUT2D eigenvalue weighted by Crippen LogP contribution is 2.28. The van der Waals surface area contributed by atoms with Gasteiger partial charge in [-0.05, 0) is 30.9 Å². The van der Waals surface area contributed by atoms with Crippen LogP contribution in [-0.2, 0) is 11.3 Å². The fraction of sp³-hybridized carbons (Fsp3) is 0.385. The number of H-pyrrole nitrogens is 1. The van der Waals surface area contributed by atoms with Crippen molar-refractivity contribution in [3.05, 3.63) is 29.6 Å². The number of ether oxygens (including phenoxy) is 1. The lowest BCUT2D eigenvalue weighted by Gasteiger charge is -2.04. The molecule has 0 atom stereocenters. The number of rotatable bonds is 4. The standard InChI is InChI=1S/C13H13F2N3O2/c14-8-3-4-9-12(11(8)15)18-10(17-9)5-16-13(19)20-6-7-1-2-7/h3-4,7H,1-2,5-6H2,(H,16,19)(H,17,18). The number of benzene rings is 1. The van der Waals surface area contributed by atoms with E-state index in [0.717, 1.165) is 18.9 Å². The molecule has 0 unspecified atom stereocenters. The number of nitrogens with one attached hydrogen (secondary N) is 2. The zero-order valence-electron chi connectivity index (χ0n) is 10.6. The van der Waals surface area contributed by atoms with E-state index in [1.807, 2.05) is 0 Å². The van der Waals surface area contributed by atoms with Gasteiger partial charge in [0, 0.05) is 0 Å². The Kier molecular flexibility index (Phi) is 3.25. The van der Waals surface area contributed by atoms with Crippen LogP contribution in [0.2, 0.25) is 0 Å². The second kappa shape index (κ2) is 5.07. The normalized spacial score (nSPS) is 14.5. The molecule has 0 bridgehead atoms. The monoisotopic (exact) mass is 281 g/mol. The summed E-state index contributed by atoms with van der Waals surface area (Å²) in [5.41, 5.74) is 0.306. The van der Waals surface area contributed by atoms with Gasteiger partial charge in [0.15, 0.2) is 11.6 Å². The fourth-order valence-electron chi connectivity index (χ4n) is 1.84. The van der Waals surface area contributed by atoms with Gasteiger partial charge in [-0.3, -0.25) is 0 Å². The van der Waals surface area contributed by atoms with E-state index in [0.29, 0.717) is 23.9 Å². The van der Waals surface area contributed by atoms with E-state index in [1.165, 1.54) is 6.07 Å². The third kappa shape index (κ3) is 2.71. The molecular weight excluding hydrogens is 268 g/mol. The largest absolute Gasteiger partial charge is 0.449 e. The predicted molar refractivity (Wildman–Crippen MR) is 66.9 cm³/mol. The van der Waals surface area contributed by atoms with E-state index in [2.05, 4.69) is 15.3 Å². The average Bonchev–Trinajstić information content (AvgIpc) is 3.17. The molecule has 1 aromatic heterocycles. The van der Waals surface area contributed by atoms with E-state index < -0.39 is 17.7 Å². The molecule has 1 aliphatic carbocycles. The minimum absolute atomic E-state index is 0.0687. The molecule has 2 N–H and O–H groups in total. The topological polar surface area (TPSA) is 67.0 Å². The molecule has 1 heterocycles. The lowest BCUT2D eigenvalue weighted by Crippen LogP contribution is -2.25. The zero-order chi connectivity index (χ0) is 14.1. The number of fused-ring (bicyclic) bond motifs is 1. The maximum absolute atomic E-state index is 13.5. The van der Waals surface area contributed by atoms with Crippen LogP contribution in [0.25, 0.3) is 11.0 Å². The summed E-state index contributed by atoms with van der Waals surface area (Å²) < 4.78 is 31.5. The number of alkyl carbamates (subject to hydrolysis) is 1. The molecule has 1 aliphatic rings. The van der Waals surface area contributed by atoms with Crippen molar-refractivity contribution in [1.29, 1.82) is 0 Å². The molecule has 0 radical (unpaired) electrons. The molecule has 5 nitrogen and oxygen atoms in total. The summed E-state index contributed by atoms with van der Waals surface area (Å²) >= 11 is 0. The van der Waals surface area contributed by atoms with Gasteiger partial charge in [-0.2, -0.15) is 0 Å². The molecule has 7 heteroatoms. The van der Waals surface area contributed by atoms with Crippen molar-refractivity contribution in [2.24, 2.45) is 5.92 Å². The van der Waals surface area contributed by atoms with Crippen LogP contribution in [0.5, 0.6) is 0 Å². The second-order valence-corrected chi connectivity index (χ2v) is 4.84. The van der Waals surface area contributed by atoms with E-state index in [4.69, 9.17) is 4.74 Å². The lowest BCUT2D eigenvalue weighted by atomic mass is 10.3. The SMILES string of the molecule is O=C(NCc1nc2c(F)c(F)ccc2[nH]1)OCC1CC1. The van der Waals surface area contributed by atoms with Crippen LogP contribution in [0.15, 0.2) is 12.1 Å². The van der Waals surface area contributed by atoms with Gasteiger partial charge >= 0.3 is 6.09 Å². The number of imidazole rings is 1. The Morgan fingerprint density at radius 3 is 3.00 bits per heavy atom. The minimum Gasteiger partial charge on any atom is -0.449 e. The van der Waals surface area contributed by atoms with Gasteiger partial charge in [0.2, 0.25) is 0 Å². The van der Waals surface area contributed by atoms with Gasteiger partial charge in [0.25, 0.3) is 0 Å². The summed E-state index contributed by atoms with van der Waals surface area (Å²) in [6.07, 6.45) is 1.66. The van der Waals surface area contributed by atoms with E-state index in [9.17, 15) is 13.6 Å². The highest BCUT2D eigenvalue weighted by atomic mass is 19.2. The number of amides is 1. The average molecular weight is 281 g/mol. The van der Waals surface area contributed by atoms with Gasteiger partial charge < -0.3 is 15.0 Å². The Hall–Kier alpha value is -2.18. The van der Waals surface area contributed by atoms with Crippen LogP contribution in [0.4, 0.5) is 13.6 Å². The molecule has 3 rings (SSSR count). The summed E-state index contributed by atoms with van der Waals surface area (Å²) in [6.45, 7) is 0.491. The molecule has 0 saturated heterocycles. The maximum Gasteiger partial charge on any atom is 0.407 e. The Bertz CT molecular complexity index is 652. The molecule has 1 aromatic carbocycles. The molecule has 1 amide bonds. The summed E-state index contributed by atoms with van der Waals surface area (Å²) in [6, 6.07) is 2.42. The smallest absolute Gasteiger partial charge is 0.407 e. The third-order valence-corrected chi connectivity index (χ3v) is 3.14. The molecular formula is C13H13F2N3O2. The van der Waals surface area contributed by atoms with Crippen LogP contribution in [0, 0.1) is 17.6 Å². The van der Waals surface area contributed by atoms with Crippen molar-refractivity contribution in [3.63, 3.8) is 0 Å². The minimum atomic E-state index is -0.999. The first kappa shape index (κ1) is 12.8. The molecule has 0 aliphatic heterocycles. The Morgan fingerprint density at radius 2 is 2.25 bits per heavy atom. The molecule has 1 saturated carbocycles. The number of aromatic nitrogens is 2. The Labute approximate surface area is 113 Å². The van der Waals surface area contributed by atoms with Crippen LogP contribution in [0.3, 0.4) is 0 Å². The summed E-state index contributed by atoms with van der Waals surface area (Å²) in [5, 5.41) is 2.51. The van der Waals surface area contributed by atoms with Crippen molar-refractivity contribution < 1.29 is 18.3 Å². The summed E-state index contributed by atoms with van der Waals surface area (Å²) in [4.78, 5) is 18.1. The van der Waals surface area contributed by atoms with Crippen molar-refractivity contribution in [1.82, 2.24) is 15.3 Å². The van der Waals surface area contributed by atoms with Crippen LogP contribution < -0.4 is 5.32 Å². The Morgan fingerprint density at radius 1 is 1.45 bits per heavy atom. The quantitative estimate of drug-likeness (QED) is 0.904. The predicted octanol–water partition coefficient (Wildman–Crippen LogP) is 2.48. The van der Waals surface area contributed by atoms with Gasteiger partial charge in [0.05, 0.1) is 18.7 Å². The van der Waals surface area contributed by atoms with Gasteiger partial charge in [-0.1, -0.05) is 0 Å². The number of carbonyl (C=O) groups is 1. The first-order chi connectivity index (χ1) is 9.63. The first-order valence-corrected chi connectivity index (χ1v) is 6.36. The van der Waals surface area contributed by atoms with Crippen LogP contribution in [-0.4, -0.2) is 22.7 Å². The van der Waals surface area contributed by atoms with E-state index in [-0.39, 0.29) is 12.1 Å². The number of nitrogens with zero attached hydrogens (tertiary/aromatic N) is 1. The highest BCUT2D eigenvalue weighted by Gasteiger charge is 2.23. The number of hydrogen-bond donors (Lipinski definition) is 2. The lowest BCUT2D eigenvalue weighted by molar-refractivity contribution is 0.140. The molecule has 20 heavy (non-hydrogen) atoms. The molecule has 2 aromatic rings. The van der Waals surface area contributed by atoms with Crippen molar-refractivity contribution in [3.8, 4) is 0 Å². The highest BCUT2D eigenvalue weighted by molar-refractivity contribution is 5.76. The number of carbonyl (C=O) groups excluding carboxylic acids is 1. The fourth-order valence-corrected chi connectivity index (χ4v) is 1.84.